The summed E-state index contributed by atoms with van der Waals surface area (Å²) < 4.78 is 4.81. The minimum Gasteiger partial charge on any atom is -0.480 e. The van der Waals surface area contributed by atoms with Crippen LogP contribution in [-0.2, 0) is 26.6 Å². The second kappa shape index (κ2) is 5.25. The number of carboxylic acid groups (broad SMARTS) is 1. The standard InChI is InChI=1S/C6H10N2O5.Cu/c9-5(10)1-7-6(2-8(11)12)3-13-4-6;/h7H,1-4H2,(H,9,10);. The van der Waals surface area contributed by atoms with E-state index in [4.69, 9.17) is 9.84 Å². The third-order valence-corrected chi connectivity index (χ3v) is 1.80. The molecule has 1 aliphatic heterocycles. The molecule has 85 valence electrons. The molecule has 1 fully saturated rings. The van der Waals surface area contributed by atoms with E-state index >= 15 is 0 Å². The van der Waals surface area contributed by atoms with Crippen molar-refractivity contribution in [2.24, 2.45) is 0 Å². The fraction of sp³-hybridized carbons (Fsp3) is 0.833. The summed E-state index contributed by atoms with van der Waals surface area (Å²) in [6, 6.07) is 0. The topological polar surface area (TPSA) is 102 Å². The number of nitrogens with zero attached hydrogens (tertiary/aromatic N) is 1. The SMILES string of the molecule is O=C(O)CNC1(C[N+](=O)[O-])COC1.[Cu]. The molecule has 0 aromatic carbocycles. The van der Waals surface area contributed by atoms with E-state index in [1.165, 1.54) is 0 Å². The van der Waals surface area contributed by atoms with E-state index in [9.17, 15) is 14.9 Å². The van der Waals surface area contributed by atoms with Gasteiger partial charge in [-0.2, -0.15) is 0 Å². The molecule has 0 saturated carbocycles. The molecular formula is C6H10CuN2O5. The van der Waals surface area contributed by atoms with Gasteiger partial charge in [-0.05, 0) is 0 Å². The Morgan fingerprint density at radius 3 is 2.50 bits per heavy atom. The number of rotatable bonds is 5. The Balaban J connectivity index is 0.00000169. The first-order valence-electron chi connectivity index (χ1n) is 3.70. The number of aliphatic carboxylic acids is 1. The number of ether oxygens (including phenoxy) is 1. The molecule has 0 unspecified atom stereocenters. The van der Waals surface area contributed by atoms with Gasteiger partial charge in [0.05, 0.1) is 19.8 Å². The van der Waals surface area contributed by atoms with Gasteiger partial charge in [-0.3, -0.25) is 20.2 Å². The summed E-state index contributed by atoms with van der Waals surface area (Å²) >= 11 is 0. The van der Waals surface area contributed by atoms with Crippen molar-refractivity contribution in [3.8, 4) is 0 Å². The first-order valence-corrected chi connectivity index (χ1v) is 3.70. The molecule has 0 aromatic heterocycles. The first kappa shape index (κ1) is 13.3. The van der Waals surface area contributed by atoms with E-state index in [-0.39, 0.29) is 43.4 Å². The van der Waals surface area contributed by atoms with E-state index in [0.29, 0.717) is 0 Å². The molecule has 1 aliphatic rings. The average molecular weight is 254 g/mol. The number of carbonyl (C=O) groups is 1. The van der Waals surface area contributed by atoms with Crippen LogP contribution < -0.4 is 5.32 Å². The van der Waals surface area contributed by atoms with E-state index in [1.54, 1.807) is 0 Å². The van der Waals surface area contributed by atoms with Crippen LogP contribution in [0.2, 0.25) is 0 Å². The Hall–Kier alpha value is -0.691. The summed E-state index contributed by atoms with van der Waals surface area (Å²) in [5.74, 6) is -1.03. The van der Waals surface area contributed by atoms with E-state index in [1.807, 2.05) is 0 Å². The van der Waals surface area contributed by atoms with E-state index < -0.39 is 16.4 Å². The monoisotopic (exact) mass is 253 g/mol. The maximum absolute atomic E-state index is 10.2. The van der Waals surface area contributed by atoms with Crippen LogP contribution in [0.4, 0.5) is 0 Å². The summed E-state index contributed by atoms with van der Waals surface area (Å²) in [6.45, 7) is -0.194. The van der Waals surface area contributed by atoms with Gasteiger partial charge in [-0.25, -0.2) is 0 Å². The Morgan fingerprint density at radius 1 is 1.64 bits per heavy atom. The largest absolute Gasteiger partial charge is 0.480 e. The van der Waals surface area contributed by atoms with E-state index in [2.05, 4.69) is 5.32 Å². The second-order valence-electron chi connectivity index (χ2n) is 3.01. The Labute approximate surface area is 90.4 Å². The van der Waals surface area contributed by atoms with Gasteiger partial charge in [-0.1, -0.05) is 0 Å². The maximum atomic E-state index is 10.2. The zero-order valence-electron chi connectivity index (χ0n) is 7.16. The molecule has 0 aromatic rings. The molecule has 8 heteroatoms. The number of hydrogen-bond donors (Lipinski definition) is 2. The predicted octanol–water partition coefficient (Wildman–Crippen LogP) is -1.30. The third kappa shape index (κ3) is 3.59. The van der Waals surface area contributed by atoms with Gasteiger partial charge in [-0.15, -0.1) is 0 Å². The minimum absolute atomic E-state index is 0. The van der Waals surface area contributed by atoms with E-state index in [0.717, 1.165) is 0 Å². The van der Waals surface area contributed by atoms with Crippen molar-refractivity contribution in [1.82, 2.24) is 5.32 Å². The van der Waals surface area contributed by atoms with Crippen molar-refractivity contribution in [2.45, 2.75) is 5.54 Å². The van der Waals surface area contributed by atoms with Gasteiger partial charge in [0.25, 0.3) is 0 Å². The van der Waals surface area contributed by atoms with Gasteiger partial charge < -0.3 is 9.84 Å². The molecule has 0 atom stereocenters. The Kier molecular flexibility index (Phi) is 5.00. The summed E-state index contributed by atoms with van der Waals surface area (Å²) in [4.78, 5) is 19.9. The predicted molar refractivity (Wildman–Crippen MR) is 41.0 cm³/mol. The molecule has 1 saturated heterocycles. The molecule has 1 radical (unpaired) electrons. The van der Waals surface area contributed by atoms with Crippen molar-refractivity contribution in [3.05, 3.63) is 10.1 Å². The quantitative estimate of drug-likeness (QED) is 0.359. The van der Waals surface area contributed by atoms with Crippen molar-refractivity contribution >= 4 is 5.97 Å². The molecule has 1 rings (SSSR count). The number of hydrogen-bond acceptors (Lipinski definition) is 5. The molecule has 2 N–H and O–H groups in total. The second-order valence-corrected chi connectivity index (χ2v) is 3.01. The van der Waals surface area contributed by atoms with Crippen molar-refractivity contribution in [3.63, 3.8) is 0 Å². The first-order chi connectivity index (χ1) is 6.04. The Bertz CT molecular complexity index is 230. The minimum atomic E-state index is -1.03. The zero-order valence-corrected chi connectivity index (χ0v) is 8.10. The smallest absolute Gasteiger partial charge is 0.317 e. The number of nitrogens with one attached hydrogen (secondary N) is 1. The summed E-state index contributed by atoms with van der Waals surface area (Å²) in [6.07, 6.45) is 0. The van der Waals surface area contributed by atoms with Crippen molar-refractivity contribution in [1.29, 1.82) is 0 Å². The molecular weight excluding hydrogens is 244 g/mol. The number of carboxylic acids is 1. The molecule has 0 amide bonds. The van der Waals surface area contributed by atoms with Crippen LogP contribution in [0.15, 0.2) is 0 Å². The van der Waals surface area contributed by atoms with Crippen LogP contribution in [0.25, 0.3) is 0 Å². The van der Waals surface area contributed by atoms with Crippen LogP contribution in [0, 0.1) is 10.1 Å². The summed E-state index contributed by atoms with van der Waals surface area (Å²) in [5, 5.41) is 21.2. The molecule has 0 aliphatic carbocycles. The third-order valence-electron chi connectivity index (χ3n) is 1.80. The van der Waals surface area contributed by atoms with Crippen LogP contribution in [0.3, 0.4) is 0 Å². The fourth-order valence-electron chi connectivity index (χ4n) is 1.11. The molecule has 0 spiro atoms. The van der Waals surface area contributed by atoms with Gasteiger partial charge in [0.1, 0.15) is 5.54 Å². The average Bonchev–Trinajstić information content (AvgIpc) is 1.93. The summed E-state index contributed by atoms with van der Waals surface area (Å²) in [7, 11) is 0. The van der Waals surface area contributed by atoms with Gasteiger partial charge in [0.2, 0.25) is 6.54 Å². The van der Waals surface area contributed by atoms with Crippen LogP contribution in [-0.4, -0.2) is 47.8 Å². The van der Waals surface area contributed by atoms with Gasteiger partial charge >= 0.3 is 5.97 Å². The van der Waals surface area contributed by atoms with Crippen LogP contribution in [0.5, 0.6) is 0 Å². The van der Waals surface area contributed by atoms with Crippen molar-refractivity contribution < 1.29 is 36.6 Å². The Morgan fingerprint density at radius 2 is 2.21 bits per heavy atom. The van der Waals surface area contributed by atoms with Crippen molar-refractivity contribution in [2.75, 3.05) is 26.3 Å². The van der Waals surface area contributed by atoms with Crippen LogP contribution >= 0.6 is 0 Å². The van der Waals surface area contributed by atoms with Gasteiger partial charge in [0.15, 0.2) is 0 Å². The molecule has 7 nitrogen and oxygen atoms in total. The maximum Gasteiger partial charge on any atom is 0.317 e. The zero-order chi connectivity index (χ0) is 9.90. The van der Waals surface area contributed by atoms with Gasteiger partial charge in [0, 0.05) is 22.0 Å². The normalized spacial score (nSPS) is 17.7. The molecule has 14 heavy (non-hydrogen) atoms. The fourth-order valence-corrected chi connectivity index (χ4v) is 1.11. The number of nitro groups is 1. The molecule has 0 bridgehead atoms. The molecule has 1 heterocycles. The van der Waals surface area contributed by atoms with Crippen LogP contribution in [0.1, 0.15) is 0 Å². The summed E-state index contributed by atoms with van der Waals surface area (Å²) in [5.41, 5.74) is -0.776.